The molecule has 9 heteroatoms. The number of amides is 1. The molecule has 3 aromatic rings. The Bertz CT molecular complexity index is 1270. The molecule has 0 radical (unpaired) electrons. The minimum atomic E-state index is -0.574. The first-order valence-electron chi connectivity index (χ1n) is 9.99. The molecule has 0 spiro atoms. The fraction of sp³-hybridized carbons (Fsp3) is 0.304. The molecule has 0 saturated carbocycles. The summed E-state index contributed by atoms with van der Waals surface area (Å²) in [6.07, 6.45) is -0.574. The van der Waals surface area contributed by atoms with Gasteiger partial charge in [0.25, 0.3) is 5.56 Å². The normalized spacial score (nSPS) is 10.8. The van der Waals surface area contributed by atoms with Crippen LogP contribution < -0.4 is 5.56 Å². The van der Waals surface area contributed by atoms with Crippen molar-refractivity contribution in [2.75, 3.05) is 20.7 Å². The van der Waals surface area contributed by atoms with Crippen molar-refractivity contribution in [2.24, 2.45) is 0 Å². The molecule has 0 unspecified atom stereocenters. The van der Waals surface area contributed by atoms with E-state index >= 15 is 0 Å². The molecule has 0 fully saturated rings. The second-order valence-electron chi connectivity index (χ2n) is 7.38. The molecule has 0 aliphatic heterocycles. The van der Waals surface area contributed by atoms with Crippen molar-refractivity contribution >= 4 is 34.6 Å². The molecule has 32 heavy (non-hydrogen) atoms. The zero-order valence-electron chi connectivity index (χ0n) is 18.6. The molecule has 168 valence electrons. The Morgan fingerprint density at radius 2 is 1.84 bits per heavy atom. The average Bonchev–Trinajstić information content (AvgIpc) is 2.72. The quantitative estimate of drug-likeness (QED) is 0.537. The van der Waals surface area contributed by atoms with Crippen LogP contribution in [0.15, 0.2) is 35.1 Å². The molecule has 0 aliphatic carbocycles. The van der Waals surface area contributed by atoms with Gasteiger partial charge < -0.3 is 14.4 Å². The van der Waals surface area contributed by atoms with Crippen LogP contribution in [0.5, 0.6) is 0 Å². The first-order valence-corrected chi connectivity index (χ1v) is 10.4. The number of benzene rings is 2. The Balaban J connectivity index is 2.33. The molecule has 8 nitrogen and oxygen atoms in total. The number of aromatic nitrogens is 2. The maximum absolute atomic E-state index is 13.7. The number of hydrogen-bond donors (Lipinski definition) is 0. The Morgan fingerprint density at radius 1 is 1.16 bits per heavy atom. The monoisotopic (exact) mass is 457 g/mol. The molecule has 0 atom stereocenters. The van der Waals surface area contributed by atoms with Crippen LogP contribution in [0.3, 0.4) is 0 Å². The van der Waals surface area contributed by atoms with Crippen LogP contribution in [0, 0.1) is 13.8 Å². The van der Waals surface area contributed by atoms with Crippen molar-refractivity contribution in [1.29, 1.82) is 0 Å². The van der Waals surface area contributed by atoms with Crippen LogP contribution in [0.1, 0.15) is 34.2 Å². The van der Waals surface area contributed by atoms with Gasteiger partial charge >= 0.3 is 12.1 Å². The molecular weight excluding hydrogens is 434 g/mol. The summed E-state index contributed by atoms with van der Waals surface area (Å²) in [5, 5.41) is 0.590. The van der Waals surface area contributed by atoms with Crippen LogP contribution in [0.2, 0.25) is 5.02 Å². The number of fused-ring (bicyclic) bond motifs is 1. The highest BCUT2D eigenvalue weighted by atomic mass is 35.5. The topological polar surface area (TPSA) is 90.7 Å². The zero-order chi connectivity index (χ0) is 23.6. The van der Waals surface area contributed by atoms with E-state index in [4.69, 9.17) is 21.1 Å². The Kier molecular flexibility index (Phi) is 6.84. The number of carbonyl (C=O) groups is 2. The van der Waals surface area contributed by atoms with Gasteiger partial charge in [-0.3, -0.25) is 9.36 Å². The van der Waals surface area contributed by atoms with Crippen LogP contribution in [-0.4, -0.2) is 47.2 Å². The van der Waals surface area contributed by atoms with E-state index in [0.717, 1.165) is 0 Å². The summed E-state index contributed by atoms with van der Waals surface area (Å²) < 4.78 is 11.8. The van der Waals surface area contributed by atoms with Gasteiger partial charge in [-0.05, 0) is 50.1 Å². The number of aryl methyl sites for hydroxylation is 2. The molecule has 1 aromatic heterocycles. The highest BCUT2D eigenvalue weighted by Crippen LogP contribution is 2.26. The first kappa shape index (κ1) is 23.3. The van der Waals surface area contributed by atoms with Crippen LogP contribution in [-0.2, 0) is 16.1 Å². The van der Waals surface area contributed by atoms with Crippen LogP contribution >= 0.6 is 11.6 Å². The lowest BCUT2D eigenvalue weighted by Crippen LogP contribution is -2.28. The molecule has 0 bridgehead atoms. The Morgan fingerprint density at radius 3 is 2.47 bits per heavy atom. The molecule has 2 aromatic carbocycles. The van der Waals surface area contributed by atoms with Crippen molar-refractivity contribution in [3.05, 3.63) is 68.2 Å². The van der Waals surface area contributed by atoms with Crippen molar-refractivity contribution in [2.45, 2.75) is 27.4 Å². The van der Waals surface area contributed by atoms with Gasteiger partial charge in [0.2, 0.25) is 0 Å². The molecule has 1 amide bonds. The van der Waals surface area contributed by atoms with E-state index in [2.05, 4.69) is 4.98 Å². The SMILES string of the molecule is CCOC(=O)c1c(C)cc2nc(COC(=O)N(C)C)n(-c3ccccc3Cl)c(=O)c2c1C. The minimum absolute atomic E-state index is 0.202. The van der Waals surface area contributed by atoms with E-state index < -0.39 is 17.6 Å². The van der Waals surface area contributed by atoms with Crippen LogP contribution in [0.4, 0.5) is 4.79 Å². The highest BCUT2D eigenvalue weighted by Gasteiger charge is 2.23. The minimum Gasteiger partial charge on any atom is -0.462 e. The molecule has 0 aliphatic rings. The fourth-order valence-corrected chi connectivity index (χ4v) is 3.71. The lowest BCUT2D eigenvalue weighted by Gasteiger charge is -2.18. The Hall–Kier alpha value is -3.39. The lowest BCUT2D eigenvalue weighted by atomic mass is 9.98. The number of carbonyl (C=O) groups excluding carboxylic acids is 2. The number of hydrogen-bond acceptors (Lipinski definition) is 6. The smallest absolute Gasteiger partial charge is 0.409 e. The molecular formula is C23H24ClN3O5. The largest absolute Gasteiger partial charge is 0.462 e. The van der Waals surface area contributed by atoms with Crippen molar-refractivity contribution in [3.63, 3.8) is 0 Å². The predicted octanol–water partition coefficient (Wildman–Crippen LogP) is 4.03. The van der Waals surface area contributed by atoms with E-state index in [9.17, 15) is 14.4 Å². The highest BCUT2D eigenvalue weighted by molar-refractivity contribution is 6.32. The number of para-hydroxylation sites is 1. The second kappa shape index (κ2) is 9.40. The first-order chi connectivity index (χ1) is 15.2. The van der Waals surface area contributed by atoms with E-state index in [1.165, 1.54) is 9.47 Å². The van der Waals surface area contributed by atoms with Crippen LogP contribution in [0.25, 0.3) is 16.6 Å². The summed E-state index contributed by atoms with van der Waals surface area (Å²) >= 11 is 6.38. The second-order valence-corrected chi connectivity index (χ2v) is 7.78. The summed E-state index contributed by atoms with van der Waals surface area (Å²) in [4.78, 5) is 44.1. The standard InChI is InChI=1S/C23H24ClN3O5/c1-6-31-22(29)19-13(2)11-16-20(14(19)3)21(28)27(17-10-8-7-9-15(17)24)18(25-16)12-32-23(30)26(4)5/h7-11H,6,12H2,1-5H3. The predicted molar refractivity (Wildman–Crippen MR) is 122 cm³/mol. The van der Waals surface area contributed by atoms with E-state index in [-0.39, 0.29) is 24.4 Å². The van der Waals surface area contributed by atoms with Crippen molar-refractivity contribution in [3.8, 4) is 5.69 Å². The van der Waals surface area contributed by atoms with Gasteiger partial charge in [-0.2, -0.15) is 0 Å². The molecule has 0 N–H and O–H groups in total. The summed E-state index contributed by atoms with van der Waals surface area (Å²) in [6.45, 7) is 5.13. The third-order valence-electron chi connectivity index (χ3n) is 4.94. The van der Waals surface area contributed by atoms with E-state index in [1.807, 2.05) is 0 Å². The maximum atomic E-state index is 13.7. The van der Waals surface area contributed by atoms with Gasteiger partial charge in [0.05, 0.1) is 33.8 Å². The summed E-state index contributed by atoms with van der Waals surface area (Å²) in [6, 6.07) is 8.45. The zero-order valence-corrected chi connectivity index (χ0v) is 19.3. The molecule has 1 heterocycles. The number of halogens is 1. The van der Waals surface area contributed by atoms with Gasteiger partial charge in [-0.15, -0.1) is 0 Å². The van der Waals surface area contributed by atoms with Gasteiger partial charge in [0.15, 0.2) is 12.4 Å². The summed E-state index contributed by atoms with van der Waals surface area (Å²) in [5.74, 6) is -0.300. The molecule has 0 saturated heterocycles. The molecule has 3 rings (SSSR count). The van der Waals surface area contributed by atoms with Crippen molar-refractivity contribution < 1.29 is 19.1 Å². The van der Waals surface area contributed by atoms with Gasteiger partial charge in [-0.25, -0.2) is 14.6 Å². The van der Waals surface area contributed by atoms with Crippen molar-refractivity contribution in [1.82, 2.24) is 14.5 Å². The van der Waals surface area contributed by atoms with E-state index in [1.54, 1.807) is 65.2 Å². The average molecular weight is 458 g/mol. The van der Waals surface area contributed by atoms with Gasteiger partial charge in [0.1, 0.15) is 0 Å². The third-order valence-corrected chi connectivity index (χ3v) is 5.26. The third kappa shape index (κ3) is 4.31. The number of nitrogens with zero attached hydrogens (tertiary/aromatic N) is 3. The maximum Gasteiger partial charge on any atom is 0.409 e. The van der Waals surface area contributed by atoms with Gasteiger partial charge in [0, 0.05) is 14.1 Å². The number of rotatable bonds is 5. The lowest BCUT2D eigenvalue weighted by molar-refractivity contribution is 0.0524. The summed E-state index contributed by atoms with van der Waals surface area (Å²) in [5.41, 5.74) is 1.78. The Labute approximate surface area is 190 Å². The van der Waals surface area contributed by atoms with E-state index in [0.29, 0.717) is 32.9 Å². The number of ether oxygens (including phenoxy) is 2. The summed E-state index contributed by atoms with van der Waals surface area (Å²) in [7, 11) is 3.11. The fourth-order valence-electron chi connectivity index (χ4n) is 3.49. The number of esters is 1. The van der Waals surface area contributed by atoms with Gasteiger partial charge in [-0.1, -0.05) is 23.7 Å².